The molecule has 0 spiro atoms. The SMILES string of the molecule is C=C1CCC[P+]1(CC(=O)OC)c1ccccc1.F[P-](F)(F)(F)(F)F. The van der Waals surface area contributed by atoms with Crippen molar-refractivity contribution in [2.24, 2.45) is 0 Å². The van der Waals surface area contributed by atoms with Crippen LogP contribution in [0.3, 0.4) is 0 Å². The molecule has 1 aliphatic rings. The molecule has 0 N–H and O–H groups in total. The summed E-state index contributed by atoms with van der Waals surface area (Å²) < 4.78 is 64.0. The van der Waals surface area contributed by atoms with Gasteiger partial charge in [-0.15, -0.1) is 0 Å². The van der Waals surface area contributed by atoms with Crippen molar-refractivity contribution in [1.82, 2.24) is 0 Å². The Kier molecular flexibility index (Phi) is 5.49. The Bertz CT molecular complexity index is 603. The number of hydrogen-bond acceptors (Lipinski definition) is 2. The third-order valence-corrected chi connectivity index (χ3v) is 8.09. The summed E-state index contributed by atoms with van der Waals surface area (Å²) in [5.41, 5.74) is 0. The summed E-state index contributed by atoms with van der Waals surface area (Å²) in [5, 5.41) is 2.57. The number of methoxy groups -OCH3 is 1. The molecule has 138 valence electrons. The normalized spacial score (nSPS) is 23.5. The number of carbonyl (C=O) groups is 1. The first-order chi connectivity index (χ1) is 10.6. The Labute approximate surface area is 136 Å². The minimum atomic E-state index is -10.7. The molecule has 2 nitrogen and oxygen atoms in total. The zero-order valence-corrected chi connectivity index (χ0v) is 14.7. The van der Waals surface area contributed by atoms with Gasteiger partial charge in [-0.05, 0) is 18.6 Å². The second-order valence-corrected chi connectivity index (χ2v) is 11.2. The van der Waals surface area contributed by atoms with Crippen LogP contribution in [0.1, 0.15) is 12.8 Å². The molecule has 0 aliphatic carbocycles. The van der Waals surface area contributed by atoms with Gasteiger partial charge in [0, 0.05) is 6.42 Å². The van der Waals surface area contributed by atoms with E-state index in [1.54, 1.807) is 0 Å². The quantitative estimate of drug-likeness (QED) is 0.347. The summed E-state index contributed by atoms with van der Waals surface area (Å²) in [6.45, 7) is 4.21. The Balaban J connectivity index is 0.000000351. The third kappa shape index (κ3) is 7.63. The van der Waals surface area contributed by atoms with E-state index in [2.05, 4.69) is 18.7 Å². The van der Waals surface area contributed by atoms with Crippen LogP contribution < -0.4 is 5.30 Å². The van der Waals surface area contributed by atoms with Crippen LogP contribution in [0.25, 0.3) is 0 Å². The first-order valence-corrected chi connectivity index (χ1v) is 11.1. The van der Waals surface area contributed by atoms with Crippen LogP contribution in [-0.2, 0) is 9.53 Å². The van der Waals surface area contributed by atoms with Crippen LogP contribution in [0.4, 0.5) is 25.2 Å². The summed E-state index contributed by atoms with van der Waals surface area (Å²) in [7, 11) is -10.7. The van der Waals surface area contributed by atoms with Crippen molar-refractivity contribution in [3.63, 3.8) is 0 Å². The van der Waals surface area contributed by atoms with Crippen molar-refractivity contribution in [2.45, 2.75) is 12.8 Å². The molecule has 0 radical (unpaired) electrons. The fourth-order valence-corrected chi connectivity index (χ4v) is 6.62. The number of esters is 1. The van der Waals surface area contributed by atoms with Gasteiger partial charge < -0.3 is 4.74 Å². The number of carbonyl (C=O) groups excluding carboxylic acids is 1. The van der Waals surface area contributed by atoms with Gasteiger partial charge in [-0.2, -0.15) is 0 Å². The summed E-state index contributed by atoms with van der Waals surface area (Å²) in [6.07, 6.45) is 3.83. The molecule has 24 heavy (non-hydrogen) atoms. The van der Waals surface area contributed by atoms with Gasteiger partial charge in [0.2, 0.25) is 0 Å². The van der Waals surface area contributed by atoms with E-state index >= 15 is 0 Å². The Morgan fingerprint density at radius 1 is 1.17 bits per heavy atom. The van der Waals surface area contributed by atoms with Crippen molar-refractivity contribution in [1.29, 1.82) is 0 Å². The molecule has 0 amide bonds. The first kappa shape index (κ1) is 20.9. The predicted molar refractivity (Wildman–Crippen MR) is 86.7 cm³/mol. The van der Waals surface area contributed by atoms with Gasteiger partial charge >= 0.3 is 39.0 Å². The van der Waals surface area contributed by atoms with E-state index in [4.69, 9.17) is 4.74 Å². The molecule has 1 atom stereocenters. The summed E-state index contributed by atoms with van der Waals surface area (Å²) in [5.74, 6) is -0.106. The van der Waals surface area contributed by atoms with Crippen molar-refractivity contribution >= 4 is 26.3 Å². The number of ether oxygens (including phenoxy) is 1. The van der Waals surface area contributed by atoms with Gasteiger partial charge in [-0.25, -0.2) is 4.79 Å². The fraction of sp³-hybridized carbons (Fsp3) is 0.357. The maximum atomic E-state index is 11.7. The number of benzene rings is 1. The van der Waals surface area contributed by atoms with Gasteiger partial charge in [-0.3, -0.25) is 0 Å². The molecule has 1 heterocycles. The first-order valence-electron chi connectivity index (χ1n) is 6.88. The predicted octanol–water partition coefficient (Wildman–Crippen LogP) is 6.19. The molecule has 1 unspecified atom stereocenters. The molecular weight excluding hydrogens is 376 g/mol. The van der Waals surface area contributed by atoms with E-state index in [9.17, 15) is 30.0 Å². The number of allylic oxidation sites excluding steroid dienone is 1. The van der Waals surface area contributed by atoms with E-state index in [1.165, 1.54) is 17.7 Å². The second-order valence-electron chi connectivity index (χ2n) is 5.39. The zero-order valence-electron chi connectivity index (χ0n) is 12.9. The van der Waals surface area contributed by atoms with Crippen molar-refractivity contribution < 1.29 is 34.7 Å². The van der Waals surface area contributed by atoms with Crippen LogP contribution in [0, 0.1) is 0 Å². The molecule has 0 bridgehead atoms. The molecule has 0 saturated carbocycles. The molecule has 1 fully saturated rings. The van der Waals surface area contributed by atoms with Gasteiger partial charge in [0.1, 0.15) is 0 Å². The fourth-order valence-electron chi connectivity index (χ4n) is 2.52. The van der Waals surface area contributed by atoms with Crippen LogP contribution in [0.15, 0.2) is 42.2 Å². The van der Waals surface area contributed by atoms with E-state index in [0.717, 1.165) is 19.0 Å². The van der Waals surface area contributed by atoms with Crippen LogP contribution in [-0.4, -0.2) is 25.4 Å². The van der Waals surface area contributed by atoms with Crippen molar-refractivity contribution in [2.75, 3.05) is 19.4 Å². The Morgan fingerprint density at radius 3 is 2.04 bits per heavy atom. The molecule has 1 aliphatic heterocycles. The van der Waals surface area contributed by atoms with E-state index < -0.39 is 15.1 Å². The summed E-state index contributed by atoms with van der Waals surface area (Å²) in [4.78, 5) is 11.7. The number of rotatable bonds is 3. The van der Waals surface area contributed by atoms with Crippen LogP contribution in [0.5, 0.6) is 0 Å². The maximum absolute atomic E-state index is 11.7. The average molecular weight is 394 g/mol. The van der Waals surface area contributed by atoms with E-state index in [1.807, 2.05) is 18.2 Å². The Hall–Kier alpha value is -1.13. The minimum absolute atomic E-state index is 0.106. The summed E-state index contributed by atoms with van der Waals surface area (Å²) in [6, 6.07) is 10.4. The molecule has 1 aromatic rings. The van der Waals surface area contributed by atoms with Gasteiger partial charge in [0.05, 0.1) is 31.2 Å². The van der Waals surface area contributed by atoms with Crippen molar-refractivity contribution in [3.8, 4) is 0 Å². The molecule has 2 rings (SSSR count). The molecule has 1 aromatic carbocycles. The average Bonchev–Trinajstić information content (AvgIpc) is 2.78. The molecule has 1 saturated heterocycles. The monoisotopic (exact) mass is 394 g/mol. The Morgan fingerprint density at radius 2 is 1.67 bits per heavy atom. The topological polar surface area (TPSA) is 26.3 Å². The van der Waals surface area contributed by atoms with Crippen molar-refractivity contribution in [3.05, 3.63) is 42.2 Å². The van der Waals surface area contributed by atoms with Crippen LogP contribution >= 0.6 is 15.1 Å². The number of halogens is 6. The third-order valence-electron chi connectivity index (χ3n) is 3.49. The molecule has 0 aromatic heterocycles. The van der Waals surface area contributed by atoms with Crippen LogP contribution in [0.2, 0.25) is 0 Å². The summed E-state index contributed by atoms with van der Waals surface area (Å²) >= 11 is 0. The number of hydrogen-bond donors (Lipinski definition) is 0. The standard InChI is InChI=1S/C14H18O2P.F6P/c1-12-7-6-10-17(12,11-14(15)16-2)13-8-4-3-5-9-13;1-7(2,3,4,5)6/h3-5,8-9H,1,6-7,10-11H2,2H3;/q+1;-1. The van der Waals surface area contributed by atoms with E-state index in [0.29, 0.717) is 6.16 Å². The molecular formula is C14H18F6O2P2. The van der Waals surface area contributed by atoms with E-state index in [-0.39, 0.29) is 5.97 Å². The molecule has 10 heteroatoms. The second kappa shape index (κ2) is 6.30. The van der Waals surface area contributed by atoms with Gasteiger partial charge in [0.15, 0.2) is 6.16 Å². The van der Waals surface area contributed by atoms with Gasteiger partial charge in [0.25, 0.3) is 0 Å². The van der Waals surface area contributed by atoms with Gasteiger partial charge in [-0.1, -0.05) is 24.8 Å². The zero-order chi connectivity index (χ0) is 18.7.